The van der Waals surface area contributed by atoms with Crippen molar-refractivity contribution < 1.29 is 14.2 Å². The van der Waals surface area contributed by atoms with Crippen LogP contribution < -0.4 is 4.74 Å². The van der Waals surface area contributed by atoms with Crippen LogP contribution in [0.15, 0.2) is 73.2 Å². The third kappa shape index (κ3) is 4.06. The van der Waals surface area contributed by atoms with Gasteiger partial charge in [-0.15, -0.1) is 0 Å². The molecule has 0 aliphatic carbocycles. The van der Waals surface area contributed by atoms with Crippen LogP contribution in [-0.2, 0) is 0 Å². The first kappa shape index (κ1) is 19.7. The van der Waals surface area contributed by atoms with Crippen LogP contribution in [0.2, 0.25) is 0 Å². The lowest BCUT2D eigenvalue weighted by Gasteiger charge is -2.18. The lowest BCUT2D eigenvalue weighted by Crippen LogP contribution is -2.13. The van der Waals surface area contributed by atoms with E-state index in [2.05, 4.69) is 15.0 Å². The van der Waals surface area contributed by atoms with Gasteiger partial charge in [-0.05, 0) is 48.9 Å². The fraction of sp³-hybridized carbons (Fsp3) is 0.174. The van der Waals surface area contributed by atoms with Crippen molar-refractivity contribution in [3.63, 3.8) is 0 Å². The fourth-order valence-electron chi connectivity index (χ4n) is 3.24. The Morgan fingerprint density at radius 1 is 1.03 bits per heavy atom. The number of benzene rings is 2. The SMILES string of the molecule is CC[C@H](CO)n1cnc(-c2ccc(F)cc2)c1-c1ccnc(Oc2ccccc2)n1. The molecule has 6 nitrogen and oxygen atoms in total. The third-order valence-corrected chi connectivity index (χ3v) is 4.82. The van der Waals surface area contributed by atoms with Crippen molar-refractivity contribution in [2.24, 2.45) is 0 Å². The van der Waals surface area contributed by atoms with Gasteiger partial charge in [-0.1, -0.05) is 25.1 Å². The number of hydrogen-bond donors (Lipinski definition) is 1. The summed E-state index contributed by atoms with van der Waals surface area (Å²) in [6, 6.07) is 17.2. The van der Waals surface area contributed by atoms with E-state index in [1.54, 1.807) is 30.7 Å². The second-order valence-corrected chi connectivity index (χ2v) is 6.74. The van der Waals surface area contributed by atoms with Gasteiger partial charge in [-0.3, -0.25) is 0 Å². The smallest absolute Gasteiger partial charge is 0.322 e. The number of imidazole rings is 1. The lowest BCUT2D eigenvalue weighted by molar-refractivity contribution is 0.225. The number of hydrogen-bond acceptors (Lipinski definition) is 5. The molecule has 152 valence electrons. The van der Waals surface area contributed by atoms with Gasteiger partial charge in [0.05, 0.1) is 36.1 Å². The van der Waals surface area contributed by atoms with Gasteiger partial charge in [0.1, 0.15) is 11.6 Å². The van der Waals surface area contributed by atoms with Gasteiger partial charge in [-0.2, -0.15) is 4.98 Å². The Balaban J connectivity index is 1.81. The molecule has 0 saturated carbocycles. The van der Waals surface area contributed by atoms with E-state index in [0.29, 0.717) is 29.3 Å². The molecular formula is C23H21FN4O2. The predicted octanol–water partition coefficient (Wildman–Crippen LogP) is 4.88. The standard InChI is InChI=1S/C23H21FN4O2/c1-2-18(14-29)28-15-26-21(16-8-10-17(24)11-9-16)22(28)20-12-13-25-23(27-20)30-19-6-4-3-5-7-19/h3-13,15,18,29H,2,14H2,1H3/t18-/m1/s1. The van der Waals surface area contributed by atoms with Crippen LogP contribution in [0.3, 0.4) is 0 Å². The highest BCUT2D eigenvalue weighted by atomic mass is 19.1. The van der Waals surface area contributed by atoms with E-state index in [4.69, 9.17) is 4.74 Å². The molecule has 2 heterocycles. The normalized spacial score (nSPS) is 12.0. The Kier molecular flexibility index (Phi) is 5.81. The monoisotopic (exact) mass is 404 g/mol. The number of aromatic nitrogens is 4. The van der Waals surface area contributed by atoms with Gasteiger partial charge >= 0.3 is 6.01 Å². The first-order valence-corrected chi connectivity index (χ1v) is 9.69. The number of halogens is 1. The summed E-state index contributed by atoms with van der Waals surface area (Å²) in [4.78, 5) is 13.3. The second-order valence-electron chi connectivity index (χ2n) is 6.74. The molecule has 2 aromatic carbocycles. The second kappa shape index (κ2) is 8.84. The molecule has 1 N–H and O–H groups in total. The van der Waals surface area contributed by atoms with E-state index in [1.807, 2.05) is 41.8 Å². The number of aliphatic hydroxyl groups excluding tert-OH is 1. The quantitative estimate of drug-likeness (QED) is 0.475. The van der Waals surface area contributed by atoms with Crippen LogP contribution in [0, 0.1) is 5.82 Å². The lowest BCUT2D eigenvalue weighted by atomic mass is 10.1. The molecular weight excluding hydrogens is 383 g/mol. The van der Waals surface area contributed by atoms with Crippen LogP contribution >= 0.6 is 0 Å². The minimum atomic E-state index is -0.317. The Morgan fingerprint density at radius 2 is 1.80 bits per heavy atom. The summed E-state index contributed by atoms with van der Waals surface area (Å²) < 4.78 is 21.1. The summed E-state index contributed by atoms with van der Waals surface area (Å²) in [5.41, 5.74) is 2.70. The molecule has 0 saturated heterocycles. The zero-order chi connectivity index (χ0) is 20.9. The van der Waals surface area contributed by atoms with E-state index >= 15 is 0 Å². The van der Waals surface area contributed by atoms with Gasteiger partial charge in [0.15, 0.2) is 0 Å². The van der Waals surface area contributed by atoms with E-state index in [9.17, 15) is 9.50 Å². The maximum absolute atomic E-state index is 13.4. The molecule has 1 atom stereocenters. The van der Waals surface area contributed by atoms with E-state index < -0.39 is 0 Å². The van der Waals surface area contributed by atoms with E-state index in [1.165, 1.54) is 12.1 Å². The van der Waals surface area contributed by atoms with E-state index in [-0.39, 0.29) is 24.5 Å². The minimum Gasteiger partial charge on any atom is -0.424 e. The van der Waals surface area contributed by atoms with E-state index in [0.717, 1.165) is 5.56 Å². The maximum atomic E-state index is 13.4. The molecule has 0 bridgehead atoms. The highest BCUT2D eigenvalue weighted by Gasteiger charge is 2.21. The van der Waals surface area contributed by atoms with Crippen LogP contribution in [0.5, 0.6) is 11.8 Å². The molecule has 0 spiro atoms. The Morgan fingerprint density at radius 3 is 2.50 bits per heavy atom. The van der Waals surface area contributed by atoms with Crippen LogP contribution in [0.1, 0.15) is 19.4 Å². The summed E-state index contributed by atoms with van der Waals surface area (Å²) in [6.45, 7) is 1.95. The van der Waals surface area contributed by atoms with Crippen molar-refractivity contribution in [3.8, 4) is 34.4 Å². The summed E-state index contributed by atoms with van der Waals surface area (Å²) in [6.07, 6.45) is 4.01. The molecule has 0 unspecified atom stereocenters. The maximum Gasteiger partial charge on any atom is 0.322 e. The molecule has 0 amide bonds. The zero-order valence-corrected chi connectivity index (χ0v) is 16.4. The summed E-state index contributed by atoms with van der Waals surface area (Å²) >= 11 is 0. The first-order chi connectivity index (χ1) is 14.7. The van der Waals surface area contributed by atoms with Crippen LogP contribution in [0.25, 0.3) is 22.6 Å². The molecule has 0 fully saturated rings. The average Bonchev–Trinajstić information content (AvgIpc) is 3.21. The summed E-state index contributed by atoms with van der Waals surface area (Å²) in [5.74, 6) is 0.311. The third-order valence-electron chi connectivity index (χ3n) is 4.82. The van der Waals surface area contributed by atoms with Crippen molar-refractivity contribution >= 4 is 0 Å². The van der Waals surface area contributed by atoms with Gasteiger partial charge in [0, 0.05) is 11.8 Å². The number of rotatable bonds is 7. The highest BCUT2D eigenvalue weighted by Crippen LogP contribution is 2.33. The molecule has 0 aliphatic heterocycles. The predicted molar refractivity (Wildman–Crippen MR) is 112 cm³/mol. The minimum absolute atomic E-state index is 0.0405. The van der Waals surface area contributed by atoms with Crippen LogP contribution in [-0.4, -0.2) is 31.2 Å². The highest BCUT2D eigenvalue weighted by molar-refractivity contribution is 5.77. The Labute approximate surface area is 173 Å². The van der Waals surface area contributed by atoms with Crippen molar-refractivity contribution in [1.82, 2.24) is 19.5 Å². The van der Waals surface area contributed by atoms with Gasteiger partial charge in [0.25, 0.3) is 0 Å². The fourth-order valence-corrected chi connectivity index (χ4v) is 3.24. The number of ether oxygens (including phenoxy) is 1. The number of nitrogens with zero attached hydrogens (tertiary/aromatic N) is 4. The molecule has 4 aromatic rings. The zero-order valence-electron chi connectivity index (χ0n) is 16.4. The largest absolute Gasteiger partial charge is 0.424 e. The number of aliphatic hydroxyl groups is 1. The molecule has 2 aromatic heterocycles. The molecule has 0 aliphatic rings. The Bertz CT molecular complexity index is 1110. The molecule has 30 heavy (non-hydrogen) atoms. The Hall–Kier alpha value is -3.58. The van der Waals surface area contributed by atoms with Crippen molar-refractivity contribution in [3.05, 3.63) is 79.0 Å². The van der Waals surface area contributed by atoms with Gasteiger partial charge in [0.2, 0.25) is 0 Å². The molecule has 4 rings (SSSR count). The van der Waals surface area contributed by atoms with Crippen molar-refractivity contribution in [1.29, 1.82) is 0 Å². The molecule has 0 radical (unpaired) electrons. The topological polar surface area (TPSA) is 73.1 Å². The first-order valence-electron chi connectivity index (χ1n) is 9.69. The van der Waals surface area contributed by atoms with Crippen molar-refractivity contribution in [2.75, 3.05) is 6.61 Å². The van der Waals surface area contributed by atoms with Crippen molar-refractivity contribution in [2.45, 2.75) is 19.4 Å². The number of para-hydroxylation sites is 1. The summed E-state index contributed by atoms with van der Waals surface area (Å²) in [7, 11) is 0. The summed E-state index contributed by atoms with van der Waals surface area (Å²) in [5, 5.41) is 9.86. The van der Waals surface area contributed by atoms with Gasteiger partial charge in [-0.25, -0.2) is 14.4 Å². The average molecular weight is 404 g/mol. The molecule has 7 heteroatoms. The van der Waals surface area contributed by atoms with Gasteiger partial charge < -0.3 is 14.4 Å². The van der Waals surface area contributed by atoms with Crippen LogP contribution in [0.4, 0.5) is 4.39 Å².